The van der Waals surface area contributed by atoms with Crippen LogP contribution in [-0.4, -0.2) is 52.5 Å². The molecule has 0 radical (unpaired) electrons. The molecule has 1 aliphatic carbocycles. The van der Waals surface area contributed by atoms with Crippen molar-refractivity contribution in [3.05, 3.63) is 18.2 Å². The van der Waals surface area contributed by atoms with E-state index in [-0.39, 0.29) is 22.1 Å². The van der Waals surface area contributed by atoms with E-state index in [1.54, 1.807) is 16.4 Å². The van der Waals surface area contributed by atoms with E-state index in [1.807, 2.05) is 0 Å². The fraction of sp³-hybridized carbons (Fsp3) is 0.650. The van der Waals surface area contributed by atoms with Crippen LogP contribution in [0.1, 0.15) is 39.0 Å². The zero-order chi connectivity index (χ0) is 20.4. The van der Waals surface area contributed by atoms with Gasteiger partial charge in [0.05, 0.1) is 14.2 Å². The van der Waals surface area contributed by atoms with Gasteiger partial charge in [0.25, 0.3) is 0 Å². The summed E-state index contributed by atoms with van der Waals surface area (Å²) in [4.78, 5) is 11.6. The first-order chi connectivity index (χ1) is 13.3. The van der Waals surface area contributed by atoms with E-state index in [0.717, 1.165) is 25.7 Å². The smallest absolute Gasteiger partial charge is 0.246 e. The second-order valence-corrected chi connectivity index (χ2v) is 9.78. The number of benzene rings is 1. The van der Waals surface area contributed by atoms with Crippen LogP contribution in [0, 0.1) is 11.3 Å². The van der Waals surface area contributed by atoms with Crippen LogP contribution in [-0.2, 0) is 14.8 Å². The quantitative estimate of drug-likeness (QED) is 0.778. The summed E-state index contributed by atoms with van der Waals surface area (Å²) < 4.78 is 39.1. The number of carbonyl (C=O) groups is 1. The summed E-state index contributed by atoms with van der Waals surface area (Å²) in [6.07, 6.45) is 5.39. The second-order valence-electron chi connectivity index (χ2n) is 7.87. The van der Waals surface area contributed by atoms with E-state index in [9.17, 15) is 13.2 Å². The monoisotopic (exact) mass is 410 g/mol. The van der Waals surface area contributed by atoms with E-state index in [0.29, 0.717) is 31.1 Å². The van der Waals surface area contributed by atoms with Crippen LogP contribution in [0.25, 0.3) is 0 Å². The number of rotatable bonds is 6. The normalized spacial score (nSPS) is 22.2. The minimum Gasteiger partial charge on any atom is -0.497 e. The number of sulfonamides is 1. The Labute approximate surface area is 167 Å². The zero-order valence-electron chi connectivity index (χ0n) is 16.9. The fourth-order valence-electron chi connectivity index (χ4n) is 4.66. The van der Waals surface area contributed by atoms with Gasteiger partial charge in [-0.05, 0) is 36.3 Å². The molecule has 1 saturated heterocycles. The van der Waals surface area contributed by atoms with E-state index >= 15 is 0 Å². The molecule has 0 bridgehead atoms. The summed E-state index contributed by atoms with van der Waals surface area (Å²) in [6, 6.07) is 4.82. The van der Waals surface area contributed by atoms with Crippen molar-refractivity contribution >= 4 is 15.9 Å². The van der Waals surface area contributed by atoms with Gasteiger partial charge < -0.3 is 14.8 Å². The molecule has 1 N–H and O–H groups in total. The van der Waals surface area contributed by atoms with Gasteiger partial charge >= 0.3 is 0 Å². The Kier molecular flexibility index (Phi) is 6.19. The van der Waals surface area contributed by atoms with Gasteiger partial charge in [-0.1, -0.05) is 19.3 Å². The number of hydrogen-bond acceptors (Lipinski definition) is 5. The molecule has 1 heterocycles. The minimum atomic E-state index is -3.75. The van der Waals surface area contributed by atoms with Crippen molar-refractivity contribution in [1.29, 1.82) is 0 Å². The van der Waals surface area contributed by atoms with Crippen molar-refractivity contribution < 1.29 is 22.7 Å². The Morgan fingerprint density at radius 1 is 1.21 bits per heavy atom. The first-order valence-electron chi connectivity index (χ1n) is 9.79. The molecule has 2 fully saturated rings. The van der Waals surface area contributed by atoms with Crippen LogP contribution in [0.5, 0.6) is 11.5 Å². The molecule has 2 aliphatic rings. The predicted molar refractivity (Wildman–Crippen MR) is 106 cm³/mol. The predicted octanol–water partition coefficient (Wildman–Crippen LogP) is 2.41. The summed E-state index contributed by atoms with van der Waals surface area (Å²) in [5.41, 5.74) is -0.0696. The van der Waals surface area contributed by atoms with Crippen LogP contribution >= 0.6 is 0 Å². The average molecular weight is 411 g/mol. The Balaban J connectivity index is 1.93. The molecule has 3 rings (SSSR count). The highest BCUT2D eigenvalue weighted by atomic mass is 32.2. The number of carbonyl (C=O) groups excluding carboxylic acids is 1. The number of nitrogens with one attached hydrogen (secondary N) is 1. The third-order valence-electron chi connectivity index (χ3n) is 6.22. The number of hydrogen-bond donors (Lipinski definition) is 1. The molecule has 1 atom stereocenters. The molecule has 7 nitrogen and oxygen atoms in total. The van der Waals surface area contributed by atoms with E-state index in [4.69, 9.17) is 9.47 Å². The molecule has 1 spiro atoms. The van der Waals surface area contributed by atoms with Crippen molar-refractivity contribution in [1.82, 2.24) is 9.62 Å². The summed E-state index contributed by atoms with van der Waals surface area (Å²) >= 11 is 0. The molecule has 1 amide bonds. The highest BCUT2D eigenvalue weighted by Gasteiger charge is 2.50. The maximum atomic E-state index is 13.5. The minimum absolute atomic E-state index is 0.0696. The Bertz CT molecular complexity index is 818. The molecule has 1 saturated carbocycles. The van der Waals surface area contributed by atoms with Gasteiger partial charge in [-0.15, -0.1) is 0 Å². The molecule has 1 unspecified atom stereocenters. The van der Waals surface area contributed by atoms with Crippen molar-refractivity contribution in [2.45, 2.75) is 43.9 Å². The van der Waals surface area contributed by atoms with Gasteiger partial charge in [0.1, 0.15) is 16.4 Å². The first-order valence-corrected chi connectivity index (χ1v) is 11.2. The highest BCUT2D eigenvalue weighted by Crippen LogP contribution is 2.49. The largest absolute Gasteiger partial charge is 0.497 e. The molecule has 1 aliphatic heterocycles. The molecule has 156 valence electrons. The lowest BCUT2D eigenvalue weighted by Gasteiger charge is -2.38. The third-order valence-corrected chi connectivity index (χ3v) is 8.05. The molecule has 8 heteroatoms. The summed E-state index contributed by atoms with van der Waals surface area (Å²) in [6.45, 7) is 2.90. The lowest BCUT2D eigenvalue weighted by Crippen LogP contribution is -2.39. The van der Waals surface area contributed by atoms with Gasteiger partial charge in [-0.25, -0.2) is 8.42 Å². The Morgan fingerprint density at radius 2 is 1.93 bits per heavy atom. The first kappa shape index (κ1) is 20.9. The topological polar surface area (TPSA) is 84.9 Å². The van der Waals surface area contributed by atoms with E-state index < -0.39 is 10.0 Å². The van der Waals surface area contributed by atoms with Crippen molar-refractivity contribution in [3.63, 3.8) is 0 Å². The number of methoxy groups -OCH3 is 2. The second kappa shape index (κ2) is 8.29. The Morgan fingerprint density at radius 3 is 2.54 bits per heavy atom. The standard InChI is InChI=1S/C20H30N2O5S/c1-15(23)21-12-16-13-22(14-20(16)9-5-4-6-10-20)28(24,25)19-11-17(26-2)7-8-18(19)27-3/h7-8,11,16H,4-6,9-10,12-14H2,1-3H3,(H,21,23). The van der Waals surface area contributed by atoms with Gasteiger partial charge in [0.15, 0.2) is 0 Å². The van der Waals surface area contributed by atoms with E-state index in [2.05, 4.69) is 5.32 Å². The van der Waals surface area contributed by atoms with Gasteiger partial charge in [-0.2, -0.15) is 4.31 Å². The summed E-state index contributed by atoms with van der Waals surface area (Å²) in [5.74, 6) is 0.814. The van der Waals surface area contributed by atoms with Gasteiger partial charge in [0, 0.05) is 32.6 Å². The van der Waals surface area contributed by atoms with Crippen LogP contribution in [0.15, 0.2) is 23.1 Å². The van der Waals surface area contributed by atoms with Crippen molar-refractivity contribution in [3.8, 4) is 11.5 Å². The number of amides is 1. The molecule has 1 aromatic rings. The van der Waals surface area contributed by atoms with E-state index in [1.165, 1.54) is 33.6 Å². The third kappa shape index (κ3) is 3.98. The molecular formula is C20H30N2O5S. The summed E-state index contributed by atoms with van der Waals surface area (Å²) in [5, 5.41) is 2.91. The van der Waals surface area contributed by atoms with Crippen molar-refractivity contribution in [2.24, 2.45) is 11.3 Å². The highest BCUT2D eigenvalue weighted by molar-refractivity contribution is 7.89. The van der Waals surface area contributed by atoms with Gasteiger partial charge in [-0.3, -0.25) is 4.79 Å². The summed E-state index contributed by atoms with van der Waals surface area (Å²) in [7, 11) is -0.771. The molecule has 28 heavy (non-hydrogen) atoms. The number of ether oxygens (including phenoxy) is 2. The van der Waals surface area contributed by atoms with Gasteiger partial charge in [0.2, 0.25) is 15.9 Å². The van der Waals surface area contributed by atoms with Crippen molar-refractivity contribution in [2.75, 3.05) is 33.9 Å². The van der Waals surface area contributed by atoms with Crippen LogP contribution in [0.4, 0.5) is 0 Å². The average Bonchev–Trinajstić information content (AvgIpc) is 3.04. The molecule has 0 aromatic heterocycles. The fourth-order valence-corrected chi connectivity index (χ4v) is 6.41. The lowest BCUT2D eigenvalue weighted by atomic mass is 9.68. The SMILES string of the molecule is COc1ccc(OC)c(S(=O)(=O)N2CC(CNC(C)=O)C3(CCCCC3)C2)c1. The molecular weight excluding hydrogens is 380 g/mol. The Hall–Kier alpha value is -1.80. The van der Waals surface area contributed by atoms with Crippen LogP contribution < -0.4 is 14.8 Å². The zero-order valence-corrected chi connectivity index (χ0v) is 17.7. The van der Waals surface area contributed by atoms with Crippen LogP contribution in [0.3, 0.4) is 0 Å². The van der Waals surface area contributed by atoms with Crippen LogP contribution in [0.2, 0.25) is 0 Å². The maximum Gasteiger partial charge on any atom is 0.246 e. The molecule has 1 aromatic carbocycles. The number of nitrogens with zero attached hydrogens (tertiary/aromatic N) is 1. The maximum absolute atomic E-state index is 13.5. The lowest BCUT2D eigenvalue weighted by molar-refractivity contribution is -0.119.